The van der Waals surface area contributed by atoms with Gasteiger partial charge in [0.15, 0.2) is 5.69 Å². The fourth-order valence-electron chi connectivity index (χ4n) is 2.09. The van der Waals surface area contributed by atoms with Crippen LogP contribution >= 0.6 is 0 Å². The molecule has 5 heteroatoms. The van der Waals surface area contributed by atoms with E-state index in [0.717, 1.165) is 5.56 Å². The normalized spacial score (nSPS) is 11.3. The van der Waals surface area contributed by atoms with Crippen LogP contribution in [0.4, 0.5) is 4.39 Å². The minimum atomic E-state index is -1.05. The maximum atomic E-state index is 12.8. The average molecular weight is 282 g/mol. The van der Waals surface area contributed by atoms with Gasteiger partial charge in [0.1, 0.15) is 11.5 Å². The van der Waals surface area contributed by atoms with Crippen molar-refractivity contribution < 1.29 is 14.3 Å². The summed E-state index contributed by atoms with van der Waals surface area (Å²) >= 11 is 0. The van der Waals surface area contributed by atoms with Gasteiger partial charge in [-0.1, -0.05) is 24.3 Å². The van der Waals surface area contributed by atoms with Crippen molar-refractivity contribution in [3.05, 3.63) is 71.4 Å². The van der Waals surface area contributed by atoms with E-state index in [0.29, 0.717) is 11.3 Å². The summed E-state index contributed by atoms with van der Waals surface area (Å²) in [4.78, 5) is 15.7. The molecule has 21 heavy (non-hydrogen) atoms. The summed E-state index contributed by atoms with van der Waals surface area (Å²) in [5.74, 6) is -1.36. The van der Waals surface area contributed by atoms with Gasteiger partial charge in [-0.3, -0.25) is 4.40 Å². The molecule has 0 aliphatic rings. The highest BCUT2D eigenvalue weighted by Crippen LogP contribution is 2.16. The number of benzene rings is 1. The van der Waals surface area contributed by atoms with E-state index < -0.39 is 5.97 Å². The lowest BCUT2D eigenvalue weighted by atomic mass is 10.2. The first kappa shape index (κ1) is 13.1. The van der Waals surface area contributed by atoms with Crippen LogP contribution in [0.25, 0.3) is 17.8 Å². The Hall–Kier alpha value is -2.95. The van der Waals surface area contributed by atoms with Crippen molar-refractivity contribution in [3.63, 3.8) is 0 Å². The summed E-state index contributed by atoms with van der Waals surface area (Å²) in [6.07, 6.45) is 4.97. The molecule has 3 aromatic rings. The number of fused-ring (bicyclic) bond motifs is 1. The standard InChI is InChI=1S/C16H11FN2O2/c17-12-7-4-11(5-8-12)6-9-13-15(16(20)21)19-10-2-1-3-14(19)18-13/h1-10H,(H,20,21)/b9-6+. The second-order valence-electron chi connectivity index (χ2n) is 4.46. The van der Waals surface area contributed by atoms with Gasteiger partial charge in [0.25, 0.3) is 0 Å². The number of carboxylic acids is 1. The zero-order valence-electron chi connectivity index (χ0n) is 10.9. The summed E-state index contributed by atoms with van der Waals surface area (Å²) < 4.78 is 14.4. The average Bonchev–Trinajstić information content (AvgIpc) is 2.85. The van der Waals surface area contributed by atoms with Crippen molar-refractivity contribution in [1.29, 1.82) is 0 Å². The summed E-state index contributed by atoms with van der Waals surface area (Å²) in [5.41, 5.74) is 1.79. The third-order valence-electron chi connectivity index (χ3n) is 3.06. The number of imidazole rings is 1. The molecule has 1 aromatic carbocycles. The topological polar surface area (TPSA) is 54.6 Å². The fourth-order valence-corrected chi connectivity index (χ4v) is 2.09. The molecule has 3 rings (SSSR count). The van der Waals surface area contributed by atoms with Crippen LogP contribution in [-0.4, -0.2) is 20.5 Å². The molecular weight excluding hydrogens is 271 g/mol. The number of aromatic carboxylic acids is 1. The minimum Gasteiger partial charge on any atom is -0.476 e. The molecule has 0 atom stereocenters. The summed E-state index contributed by atoms with van der Waals surface area (Å²) in [6, 6.07) is 11.2. The van der Waals surface area contributed by atoms with E-state index in [2.05, 4.69) is 4.98 Å². The highest BCUT2D eigenvalue weighted by molar-refractivity contribution is 5.92. The third kappa shape index (κ3) is 2.53. The molecule has 0 aliphatic heterocycles. The second-order valence-corrected chi connectivity index (χ2v) is 4.46. The zero-order valence-corrected chi connectivity index (χ0v) is 10.9. The van der Waals surface area contributed by atoms with Crippen molar-refractivity contribution in [1.82, 2.24) is 9.38 Å². The highest BCUT2D eigenvalue weighted by atomic mass is 19.1. The maximum Gasteiger partial charge on any atom is 0.355 e. The summed E-state index contributed by atoms with van der Waals surface area (Å²) in [7, 11) is 0. The molecule has 0 aliphatic carbocycles. The minimum absolute atomic E-state index is 0.101. The Balaban J connectivity index is 2.05. The van der Waals surface area contributed by atoms with Crippen molar-refractivity contribution in [3.8, 4) is 0 Å². The first-order valence-electron chi connectivity index (χ1n) is 6.29. The van der Waals surface area contributed by atoms with E-state index in [1.165, 1.54) is 16.5 Å². The number of halogens is 1. The lowest BCUT2D eigenvalue weighted by molar-refractivity contribution is 0.0689. The van der Waals surface area contributed by atoms with Crippen molar-refractivity contribution in [2.45, 2.75) is 0 Å². The van der Waals surface area contributed by atoms with Crippen LogP contribution < -0.4 is 0 Å². The van der Waals surface area contributed by atoms with Gasteiger partial charge >= 0.3 is 5.97 Å². The summed E-state index contributed by atoms with van der Waals surface area (Å²) in [6.45, 7) is 0. The molecule has 0 fully saturated rings. The molecule has 104 valence electrons. The van der Waals surface area contributed by atoms with Crippen molar-refractivity contribution >= 4 is 23.8 Å². The van der Waals surface area contributed by atoms with Crippen LogP contribution in [0.3, 0.4) is 0 Å². The Morgan fingerprint density at radius 3 is 2.62 bits per heavy atom. The predicted octanol–water partition coefficient (Wildman–Crippen LogP) is 3.34. The molecule has 0 saturated carbocycles. The van der Waals surface area contributed by atoms with Crippen molar-refractivity contribution in [2.24, 2.45) is 0 Å². The van der Waals surface area contributed by atoms with Crippen LogP contribution in [0.1, 0.15) is 21.7 Å². The number of aromatic nitrogens is 2. The van der Waals surface area contributed by atoms with Gasteiger partial charge in [-0.15, -0.1) is 0 Å². The van der Waals surface area contributed by atoms with Crippen LogP contribution in [0, 0.1) is 5.82 Å². The predicted molar refractivity (Wildman–Crippen MR) is 77.5 cm³/mol. The quantitative estimate of drug-likeness (QED) is 0.801. The van der Waals surface area contributed by atoms with Crippen molar-refractivity contribution in [2.75, 3.05) is 0 Å². The molecule has 0 spiro atoms. The van der Waals surface area contributed by atoms with Crippen LogP contribution in [0.15, 0.2) is 48.7 Å². The lowest BCUT2D eigenvalue weighted by Gasteiger charge is -1.96. The highest BCUT2D eigenvalue weighted by Gasteiger charge is 2.15. The molecule has 2 heterocycles. The first-order valence-corrected chi connectivity index (χ1v) is 6.29. The number of hydrogen-bond acceptors (Lipinski definition) is 2. The number of nitrogens with zero attached hydrogens (tertiary/aromatic N) is 2. The Bertz CT molecular complexity index is 835. The number of carboxylic acid groups (broad SMARTS) is 1. The number of pyridine rings is 1. The Labute approximate surface area is 119 Å². The van der Waals surface area contributed by atoms with E-state index in [4.69, 9.17) is 0 Å². The molecular formula is C16H11FN2O2. The number of rotatable bonds is 3. The third-order valence-corrected chi connectivity index (χ3v) is 3.06. The molecule has 0 bridgehead atoms. The SMILES string of the molecule is O=C(O)c1c(/C=C/c2ccc(F)cc2)nc2ccccn12. The molecule has 0 radical (unpaired) electrons. The fraction of sp³-hybridized carbons (Fsp3) is 0. The van der Waals surface area contributed by atoms with Gasteiger partial charge < -0.3 is 5.11 Å². The Morgan fingerprint density at radius 1 is 1.14 bits per heavy atom. The Kier molecular flexibility index (Phi) is 3.23. The van der Waals surface area contributed by atoms with Gasteiger partial charge in [-0.05, 0) is 35.9 Å². The van der Waals surface area contributed by atoms with Gasteiger partial charge in [-0.25, -0.2) is 14.2 Å². The van der Waals surface area contributed by atoms with Gasteiger partial charge in [0, 0.05) is 6.20 Å². The van der Waals surface area contributed by atoms with E-state index >= 15 is 0 Å². The van der Waals surface area contributed by atoms with Gasteiger partial charge in [-0.2, -0.15) is 0 Å². The van der Waals surface area contributed by atoms with E-state index in [1.807, 2.05) is 0 Å². The van der Waals surface area contributed by atoms with Crippen LogP contribution in [-0.2, 0) is 0 Å². The molecule has 4 nitrogen and oxygen atoms in total. The van der Waals surface area contributed by atoms with Crippen LogP contribution in [0.2, 0.25) is 0 Å². The van der Waals surface area contributed by atoms with E-state index in [9.17, 15) is 14.3 Å². The number of carbonyl (C=O) groups is 1. The van der Waals surface area contributed by atoms with Gasteiger partial charge in [0.05, 0.1) is 5.69 Å². The molecule has 1 N–H and O–H groups in total. The second kappa shape index (κ2) is 5.20. The van der Waals surface area contributed by atoms with E-state index in [1.54, 1.807) is 48.7 Å². The monoisotopic (exact) mass is 282 g/mol. The lowest BCUT2D eigenvalue weighted by Crippen LogP contribution is -2.03. The zero-order chi connectivity index (χ0) is 14.8. The largest absolute Gasteiger partial charge is 0.476 e. The van der Waals surface area contributed by atoms with E-state index in [-0.39, 0.29) is 11.5 Å². The molecule has 0 unspecified atom stereocenters. The molecule has 0 saturated heterocycles. The smallest absolute Gasteiger partial charge is 0.355 e. The summed E-state index contributed by atoms with van der Waals surface area (Å²) in [5, 5.41) is 9.34. The first-order chi connectivity index (χ1) is 10.1. The van der Waals surface area contributed by atoms with Crippen LogP contribution in [0.5, 0.6) is 0 Å². The number of hydrogen-bond donors (Lipinski definition) is 1. The molecule has 0 amide bonds. The molecule has 2 aromatic heterocycles. The van der Waals surface area contributed by atoms with Gasteiger partial charge in [0.2, 0.25) is 0 Å². The maximum absolute atomic E-state index is 12.8. The Morgan fingerprint density at radius 2 is 1.90 bits per heavy atom.